The summed E-state index contributed by atoms with van der Waals surface area (Å²) in [6.45, 7) is 6.00. The Morgan fingerprint density at radius 2 is 2.24 bits per heavy atom. The van der Waals surface area contributed by atoms with Gasteiger partial charge in [-0.05, 0) is 46.8 Å². The highest BCUT2D eigenvalue weighted by atomic mass is 79.9. The van der Waals surface area contributed by atoms with Gasteiger partial charge in [0.05, 0.1) is 17.9 Å². The molecule has 4 nitrogen and oxygen atoms in total. The molecule has 5 heteroatoms. The van der Waals surface area contributed by atoms with E-state index in [0.717, 1.165) is 10.2 Å². The third-order valence-electron chi connectivity index (χ3n) is 2.34. The van der Waals surface area contributed by atoms with E-state index in [0.29, 0.717) is 18.0 Å². The monoisotopic (exact) mass is 299 g/mol. The molecule has 1 rings (SSSR count). The Hall–Kier alpha value is -0.940. The molecule has 0 aliphatic carbocycles. The van der Waals surface area contributed by atoms with E-state index in [1.165, 1.54) is 0 Å². The first kappa shape index (κ1) is 14.1. The Morgan fingerprint density at radius 3 is 2.76 bits per heavy atom. The maximum atomic E-state index is 11.8. The minimum absolute atomic E-state index is 0.165. The van der Waals surface area contributed by atoms with E-state index in [1.807, 2.05) is 26.8 Å². The maximum absolute atomic E-state index is 11.8. The lowest BCUT2D eigenvalue weighted by Gasteiger charge is -2.14. The summed E-state index contributed by atoms with van der Waals surface area (Å²) in [4.78, 5) is 15.9. The Balaban J connectivity index is 2.64. The molecular weight excluding hydrogens is 282 g/mol. The van der Waals surface area contributed by atoms with Crippen LogP contribution in [-0.2, 0) is 4.79 Å². The van der Waals surface area contributed by atoms with Crippen LogP contribution in [-0.4, -0.2) is 16.9 Å². The normalized spacial score (nSPS) is 12.6. The highest BCUT2D eigenvalue weighted by molar-refractivity contribution is 9.10. The summed E-state index contributed by atoms with van der Waals surface area (Å²) in [6, 6.07) is 1.39. The predicted octanol–water partition coefficient (Wildman–Crippen LogP) is 2.46. The Kier molecular flexibility index (Phi) is 5.08. The number of nitrogens with two attached hydrogens (primary N) is 1. The predicted molar refractivity (Wildman–Crippen MR) is 72.7 cm³/mol. The summed E-state index contributed by atoms with van der Waals surface area (Å²) in [7, 11) is 0. The van der Waals surface area contributed by atoms with Crippen LogP contribution in [0.3, 0.4) is 0 Å². The molecule has 1 aromatic rings. The topological polar surface area (TPSA) is 68.0 Å². The first-order chi connectivity index (χ1) is 7.90. The van der Waals surface area contributed by atoms with E-state index in [1.54, 1.807) is 6.20 Å². The largest absolute Gasteiger partial charge is 0.323 e. The zero-order valence-electron chi connectivity index (χ0n) is 10.3. The van der Waals surface area contributed by atoms with Gasteiger partial charge in [0, 0.05) is 0 Å². The SMILES string of the molecule is Cc1cc(NC(=O)[C@@H](N)CC(C)C)cnc1Br. The van der Waals surface area contributed by atoms with Crippen molar-refractivity contribution in [3.8, 4) is 0 Å². The minimum atomic E-state index is -0.473. The molecule has 0 saturated heterocycles. The third-order valence-corrected chi connectivity index (χ3v) is 3.17. The number of carbonyl (C=O) groups is 1. The highest BCUT2D eigenvalue weighted by Gasteiger charge is 2.15. The van der Waals surface area contributed by atoms with Crippen molar-refractivity contribution in [1.82, 2.24) is 4.98 Å². The molecule has 0 aromatic carbocycles. The van der Waals surface area contributed by atoms with E-state index in [4.69, 9.17) is 5.73 Å². The molecule has 0 bridgehead atoms. The number of amides is 1. The molecule has 0 fully saturated rings. The summed E-state index contributed by atoms with van der Waals surface area (Å²) in [5.41, 5.74) is 7.44. The number of rotatable bonds is 4. The summed E-state index contributed by atoms with van der Waals surface area (Å²) in [6.07, 6.45) is 2.28. The Labute approximate surface area is 110 Å². The van der Waals surface area contributed by atoms with Crippen molar-refractivity contribution >= 4 is 27.5 Å². The lowest BCUT2D eigenvalue weighted by Crippen LogP contribution is -2.36. The molecule has 17 heavy (non-hydrogen) atoms. The number of aromatic nitrogens is 1. The van der Waals surface area contributed by atoms with Crippen molar-refractivity contribution in [1.29, 1.82) is 0 Å². The van der Waals surface area contributed by atoms with Crippen LogP contribution in [0.2, 0.25) is 0 Å². The zero-order chi connectivity index (χ0) is 13.0. The first-order valence-electron chi connectivity index (χ1n) is 5.58. The highest BCUT2D eigenvalue weighted by Crippen LogP contribution is 2.17. The number of nitrogens with zero attached hydrogens (tertiary/aromatic N) is 1. The summed E-state index contributed by atoms with van der Waals surface area (Å²) < 4.78 is 0.780. The van der Waals surface area contributed by atoms with Gasteiger partial charge in [-0.2, -0.15) is 0 Å². The summed E-state index contributed by atoms with van der Waals surface area (Å²) >= 11 is 3.31. The standard InChI is InChI=1S/C12H18BrN3O/c1-7(2)4-10(14)12(17)16-9-5-8(3)11(13)15-6-9/h5-7,10H,4,14H2,1-3H3,(H,16,17)/t10-/m0/s1. The van der Waals surface area contributed by atoms with Crippen LogP contribution in [0.5, 0.6) is 0 Å². The molecule has 1 atom stereocenters. The van der Waals surface area contributed by atoms with Gasteiger partial charge in [0.1, 0.15) is 4.60 Å². The minimum Gasteiger partial charge on any atom is -0.323 e. The fraction of sp³-hybridized carbons (Fsp3) is 0.500. The van der Waals surface area contributed by atoms with E-state index in [2.05, 4.69) is 26.2 Å². The lowest BCUT2D eigenvalue weighted by atomic mass is 10.0. The number of aryl methyl sites for hydroxylation is 1. The molecule has 1 aromatic heterocycles. The number of nitrogens with one attached hydrogen (secondary N) is 1. The van der Waals surface area contributed by atoms with Crippen molar-refractivity contribution in [2.24, 2.45) is 11.7 Å². The zero-order valence-corrected chi connectivity index (χ0v) is 11.9. The average molecular weight is 300 g/mol. The molecule has 0 spiro atoms. The van der Waals surface area contributed by atoms with Crippen molar-refractivity contribution in [3.63, 3.8) is 0 Å². The van der Waals surface area contributed by atoms with E-state index >= 15 is 0 Å². The fourth-order valence-corrected chi connectivity index (χ4v) is 1.69. The van der Waals surface area contributed by atoms with Crippen LogP contribution >= 0.6 is 15.9 Å². The molecule has 0 radical (unpaired) electrons. The van der Waals surface area contributed by atoms with Crippen molar-refractivity contribution < 1.29 is 4.79 Å². The molecule has 0 aliphatic rings. The first-order valence-corrected chi connectivity index (χ1v) is 6.38. The average Bonchev–Trinajstić information content (AvgIpc) is 2.22. The quantitative estimate of drug-likeness (QED) is 0.839. The van der Waals surface area contributed by atoms with Gasteiger partial charge in [0.25, 0.3) is 0 Å². The second-order valence-electron chi connectivity index (χ2n) is 4.56. The van der Waals surface area contributed by atoms with Crippen LogP contribution in [0.15, 0.2) is 16.9 Å². The molecule has 0 aliphatic heterocycles. The van der Waals surface area contributed by atoms with Gasteiger partial charge in [-0.25, -0.2) is 4.98 Å². The number of pyridine rings is 1. The molecule has 1 heterocycles. The van der Waals surface area contributed by atoms with Gasteiger partial charge in [0.2, 0.25) is 5.91 Å². The number of anilines is 1. The number of hydrogen-bond acceptors (Lipinski definition) is 3. The molecule has 0 unspecified atom stereocenters. The molecule has 3 N–H and O–H groups in total. The van der Waals surface area contributed by atoms with E-state index in [-0.39, 0.29) is 5.91 Å². The van der Waals surface area contributed by atoms with Gasteiger partial charge >= 0.3 is 0 Å². The molecule has 1 amide bonds. The molecule has 0 saturated carbocycles. The summed E-state index contributed by atoms with van der Waals surface area (Å²) in [5, 5.41) is 2.77. The van der Waals surface area contributed by atoms with E-state index < -0.39 is 6.04 Å². The Morgan fingerprint density at radius 1 is 1.59 bits per heavy atom. The van der Waals surface area contributed by atoms with Crippen LogP contribution in [0.1, 0.15) is 25.8 Å². The number of carbonyl (C=O) groups excluding carboxylic acids is 1. The second-order valence-corrected chi connectivity index (χ2v) is 5.31. The van der Waals surface area contributed by atoms with Gasteiger partial charge in [0.15, 0.2) is 0 Å². The lowest BCUT2D eigenvalue weighted by molar-refractivity contribution is -0.117. The number of hydrogen-bond donors (Lipinski definition) is 2. The van der Waals surface area contributed by atoms with Crippen LogP contribution in [0.4, 0.5) is 5.69 Å². The van der Waals surface area contributed by atoms with Crippen molar-refractivity contribution in [2.45, 2.75) is 33.2 Å². The van der Waals surface area contributed by atoms with Gasteiger partial charge in [-0.3, -0.25) is 4.79 Å². The van der Waals surface area contributed by atoms with Crippen LogP contribution in [0.25, 0.3) is 0 Å². The third kappa shape index (κ3) is 4.44. The van der Waals surface area contributed by atoms with Crippen molar-refractivity contribution in [3.05, 3.63) is 22.4 Å². The van der Waals surface area contributed by atoms with Gasteiger partial charge in [-0.1, -0.05) is 13.8 Å². The van der Waals surface area contributed by atoms with Gasteiger partial charge in [-0.15, -0.1) is 0 Å². The van der Waals surface area contributed by atoms with Crippen LogP contribution in [0, 0.1) is 12.8 Å². The van der Waals surface area contributed by atoms with Crippen molar-refractivity contribution in [2.75, 3.05) is 5.32 Å². The molecular formula is C12H18BrN3O. The molecule has 94 valence electrons. The fourth-order valence-electron chi connectivity index (χ4n) is 1.48. The second kappa shape index (κ2) is 6.12. The summed E-state index contributed by atoms with van der Waals surface area (Å²) in [5.74, 6) is 0.239. The maximum Gasteiger partial charge on any atom is 0.241 e. The smallest absolute Gasteiger partial charge is 0.241 e. The number of halogens is 1. The van der Waals surface area contributed by atoms with E-state index in [9.17, 15) is 4.79 Å². The van der Waals surface area contributed by atoms with Crippen LogP contribution < -0.4 is 11.1 Å². The van der Waals surface area contributed by atoms with Gasteiger partial charge < -0.3 is 11.1 Å². The Bertz CT molecular complexity index is 407.